The van der Waals surface area contributed by atoms with Crippen LogP contribution in [-0.4, -0.2) is 23.0 Å². The molecular weight excluding hydrogens is 303 g/mol. The lowest BCUT2D eigenvalue weighted by Crippen LogP contribution is -2.52. The predicted octanol–water partition coefficient (Wildman–Crippen LogP) is 2.75. The van der Waals surface area contributed by atoms with Crippen LogP contribution in [0.3, 0.4) is 0 Å². The fourth-order valence-electron chi connectivity index (χ4n) is 2.42. The molecule has 0 aromatic heterocycles. The number of nitro groups is 1. The predicted molar refractivity (Wildman–Crippen MR) is 73.5 cm³/mol. The van der Waals surface area contributed by atoms with Crippen molar-refractivity contribution in [3.05, 3.63) is 27.8 Å². The lowest BCUT2D eigenvalue weighted by Gasteiger charge is -2.30. The van der Waals surface area contributed by atoms with Crippen LogP contribution < -0.4 is 10.6 Å². The normalized spacial score (nSPS) is 18.3. The second-order valence-electron chi connectivity index (χ2n) is 5.65. The zero-order chi connectivity index (χ0) is 17.0. The van der Waals surface area contributed by atoms with Crippen molar-refractivity contribution in [3.8, 4) is 0 Å². The SMILES string of the molecule is CC(F)C(F)(F)N1C(=O)C(C)(C)c2cc(N)c([N+](=O)[O-])cc21. The fourth-order valence-corrected chi connectivity index (χ4v) is 2.42. The molecule has 6 nitrogen and oxygen atoms in total. The lowest BCUT2D eigenvalue weighted by molar-refractivity contribution is -0.383. The number of amides is 1. The van der Waals surface area contributed by atoms with Gasteiger partial charge in [-0.1, -0.05) is 0 Å². The van der Waals surface area contributed by atoms with Gasteiger partial charge in [-0.25, -0.2) is 9.29 Å². The standard InChI is InChI=1S/C13H14F3N3O3/c1-6(14)13(15,16)18-9-5-10(19(21)22)8(17)4-7(9)12(2,3)11(18)20/h4-6H,17H2,1-3H3. The van der Waals surface area contributed by atoms with Gasteiger partial charge in [0.2, 0.25) is 5.91 Å². The Morgan fingerprint density at radius 1 is 1.41 bits per heavy atom. The van der Waals surface area contributed by atoms with E-state index in [1.807, 2.05) is 0 Å². The van der Waals surface area contributed by atoms with E-state index in [4.69, 9.17) is 5.73 Å². The van der Waals surface area contributed by atoms with Crippen LogP contribution in [0.5, 0.6) is 0 Å². The third kappa shape index (κ3) is 1.99. The highest BCUT2D eigenvalue weighted by atomic mass is 19.3. The molecule has 0 saturated carbocycles. The molecule has 1 aromatic carbocycles. The molecule has 1 amide bonds. The Labute approximate surface area is 123 Å². The molecule has 120 valence electrons. The average molecular weight is 317 g/mol. The smallest absolute Gasteiger partial charge is 0.362 e. The number of benzene rings is 1. The van der Waals surface area contributed by atoms with Gasteiger partial charge in [-0.3, -0.25) is 14.9 Å². The summed E-state index contributed by atoms with van der Waals surface area (Å²) in [6, 6.07) is -2.22. The zero-order valence-corrected chi connectivity index (χ0v) is 12.1. The Hall–Kier alpha value is -2.32. The number of hydrogen-bond acceptors (Lipinski definition) is 4. The highest BCUT2D eigenvalue weighted by molar-refractivity contribution is 6.09. The van der Waals surface area contributed by atoms with E-state index in [1.54, 1.807) is 0 Å². The van der Waals surface area contributed by atoms with Crippen molar-refractivity contribution in [2.45, 2.75) is 38.4 Å². The average Bonchev–Trinajstić information content (AvgIpc) is 2.57. The summed E-state index contributed by atoms with van der Waals surface area (Å²) in [4.78, 5) is 22.4. The van der Waals surface area contributed by atoms with Crippen LogP contribution in [-0.2, 0) is 10.2 Å². The Morgan fingerprint density at radius 2 is 1.95 bits per heavy atom. The first-order valence-corrected chi connectivity index (χ1v) is 6.37. The van der Waals surface area contributed by atoms with Gasteiger partial charge in [-0.05, 0) is 32.4 Å². The van der Waals surface area contributed by atoms with Gasteiger partial charge in [-0.2, -0.15) is 8.78 Å². The van der Waals surface area contributed by atoms with Gasteiger partial charge in [0, 0.05) is 6.07 Å². The van der Waals surface area contributed by atoms with E-state index in [1.165, 1.54) is 13.8 Å². The Kier molecular flexibility index (Phi) is 3.35. The van der Waals surface area contributed by atoms with Gasteiger partial charge in [0.25, 0.3) is 5.69 Å². The number of anilines is 2. The number of nitrogens with zero attached hydrogens (tertiary/aromatic N) is 2. The van der Waals surface area contributed by atoms with Crippen molar-refractivity contribution in [1.82, 2.24) is 0 Å². The largest absolute Gasteiger partial charge is 0.393 e. The molecule has 22 heavy (non-hydrogen) atoms. The molecule has 0 radical (unpaired) electrons. The quantitative estimate of drug-likeness (QED) is 0.402. The Bertz CT molecular complexity index is 674. The van der Waals surface area contributed by atoms with E-state index in [-0.39, 0.29) is 16.2 Å². The molecule has 0 fully saturated rings. The molecule has 2 rings (SSSR count). The molecular formula is C13H14F3N3O3. The van der Waals surface area contributed by atoms with Crippen LogP contribution in [0.2, 0.25) is 0 Å². The molecule has 1 aliphatic heterocycles. The zero-order valence-electron chi connectivity index (χ0n) is 12.1. The van der Waals surface area contributed by atoms with E-state index >= 15 is 0 Å². The Balaban J connectivity index is 2.76. The molecule has 0 bridgehead atoms. The third-order valence-electron chi connectivity index (χ3n) is 3.77. The van der Waals surface area contributed by atoms with Crippen molar-refractivity contribution in [2.75, 3.05) is 10.6 Å². The number of carbonyl (C=O) groups is 1. The third-order valence-corrected chi connectivity index (χ3v) is 3.77. The highest BCUT2D eigenvalue weighted by Crippen LogP contribution is 2.49. The molecule has 1 unspecified atom stereocenters. The number of alkyl halides is 3. The van der Waals surface area contributed by atoms with Crippen LogP contribution in [0.1, 0.15) is 26.3 Å². The molecule has 2 N–H and O–H groups in total. The van der Waals surface area contributed by atoms with Crippen molar-refractivity contribution >= 4 is 23.0 Å². The second-order valence-corrected chi connectivity index (χ2v) is 5.65. The number of nitro benzene ring substituents is 1. The van der Waals surface area contributed by atoms with E-state index in [0.29, 0.717) is 6.92 Å². The van der Waals surface area contributed by atoms with Gasteiger partial charge >= 0.3 is 6.05 Å². The molecule has 1 aromatic rings. The number of rotatable bonds is 3. The van der Waals surface area contributed by atoms with E-state index in [9.17, 15) is 28.1 Å². The summed E-state index contributed by atoms with van der Waals surface area (Å²) in [5, 5.41) is 10.9. The van der Waals surface area contributed by atoms with Gasteiger partial charge in [-0.15, -0.1) is 0 Å². The lowest BCUT2D eigenvalue weighted by atomic mass is 9.86. The molecule has 9 heteroatoms. The number of nitrogen functional groups attached to an aromatic ring is 1. The van der Waals surface area contributed by atoms with Crippen LogP contribution in [0.15, 0.2) is 12.1 Å². The first-order valence-electron chi connectivity index (χ1n) is 6.37. The van der Waals surface area contributed by atoms with Gasteiger partial charge in [0.15, 0.2) is 6.17 Å². The maximum Gasteiger partial charge on any atom is 0.362 e. The molecule has 1 aliphatic rings. The van der Waals surface area contributed by atoms with Crippen molar-refractivity contribution in [3.63, 3.8) is 0 Å². The maximum absolute atomic E-state index is 14.1. The van der Waals surface area contributed by atoms with Crippen molar-refractivity contribution in [2.24, 2.45) is 0 Å². The molecule has 0 aliphatic carbocycles. The summed E-state index contributed by atoms with van der Waals surface area (Å²) >= 11 is 0. The van der Waals surface area contributed by atoms with Crippen molar-refractivity contribution < 1.29 is 22.9 Å². The van der Waals surface area contributed by atoms with Crippen LogP contribution >= 0.6 is 0 Å². The number of fused-ring (bicyclic) bond motifs is 1. The summed E-state index contributed by atoms with van der Waals surface area (Å²) in [6.07, 6.45) is -2.64. The minimum atomic E-state index is -4.12. The van der Waals surface area contributed by atoms with Crippen LogP contribution in [0, 0.1) is 10.1 Å². The summed E-state index contributed by atoms with van der Waals surface area (Å²) in [6.45, 7) is 3.36. The molecule has 1 heterocycles. The summed E-state index contributed by atoms with van der Waals surface area (Å²) in [5.74, 6) is -1.04. The monoisotopic (exact) mass is 317 g/mol. The second kappa shape index (κ2) is 4.59. The van der Waals surface area contributed by atoms with Gasteiger partial charge in [0.1, 0.15) is 5.69 Å². The number of hydrogen-bond donors (Lipinski definition) is 1. The summed E-state index contributed by atoms with van der Waals surface area (Å²) < 4.78 is 41.5. The first-order chi connectivity index (χ1) is 9.92. The summed E-state index contributed by atoms with van der Waals surface area (Å²) in [7, 11) is 0. The number of carbonyl (C=O) groups excluding carboxylic acids is 1. The minimum Gasteiger partial charge on any atom is -0.393 e. The van der Waals surface area contributed by atoms with Gasteiger partial charge < -0.3 is 5.73 Å². The van der Waals surface area contributed by atoms with E-state index in [0.717, 1.165) is 12.1 Å². The van der Waals surface area contributed by atoms with Crippen LogP contribution in [0.4, 0.5) is 30.2 Å². The number of halogens is 3. The van der Waals surface area contributed by atoms with E-state index < -0.39 is 39.8 Å². The minimum absolute atomic E-state index is 0.0144. The first kappa shape index (κ1) is 16.1. The maximum atomic E-state index is 14.1. The van der Waals surface area contributed by atoms with E-state index in [2.05, 4.69) is 0 Å². The molecule has 1 atom stereocenters. The molecule has 0 saturated heterocycles. The Morgan fingerprint density at radius 3 is 2.41 bits per heavy atom. The van der Waals surface area contributed by atoms with Crippen molar-refractivity contribution in [1.29, 1.82) is 0 Å². The number of nitrogens with two attached hydrogens (primary N) is 1. The van der Waals surface area contributed by atoms with Gasteiger partial charge in [0.05, 0.1) is 16.0 Å². The van der Waals surface area contributed by atoms with Crippen LogP contribution in [0.25, 0.3) is 0 Å². The highest BCUT2D eigenvalue weighted by Gasteiger charge is 2.57. The summed E-state index contributed by atoms with van der Waals surface area (Å²) in [5.41, 5.74) is 2.99. The molecule has 0 spiro atoms. The fraction of sp³-hybridized carbons (Fsp3) is 0.462. The topological polar surface area (TPSA) is 89.5 Å².